The molecule has 0 saturated heterocycles. The molecule has 114 valence electrons. The Labute approximate surface area is 126 Å². The second-order valence-electron chi connectivity index (χ2n) is 4.56. The van der Waals surface area contributed by atoms with E-state index in [1.807, 2.05) is 42.6 Å². The van der Waals surface area contributed by atoms with Gasteiger partial charge in [-0.15, -0.1) is 0 Å². The fourth-order valence-corrected chi connectivity index (χ4v) is 1.76. The highest BCUT2D eigenvalue weighted by atomic mass is 16.2. The number of aromatic nitrogens is 1. The van der Waals surface area contributed by atoms with E-state index in [-0.39, 0.29) is 5.91 Å². The topological polar surface area (TPSA) is 85.2 Å². The zero-order chi connectivity index (χ0) is 15.3. The Balaban J connectivity index is 0.000000219. The van der Waals surface area contributed by atoms with Gasteiger partial charge in [0.05, 0.1) is 0 Å². The van der Waals surface area contributed by atoms with Gasteiger partial charge in [0, 0.05) is 37.5 Å². The molecule has 0 fully saturated rings. The quantitative estimate of drug-likeness (QED) is 0.853. The van der Waals surface area contributed by atoms with E-state index < -0.39 is 0 Å². The van der Waals surface area contributed by atoms with E-state index in [0.29, 0.717) is 19.5 Å². The van der Waals surface area contributed by atoms with E-state index in [0.717, 1.165) is 25.1 Å². The molecule has 0 atom stereocenters. The highest BCUT2D eigenvalue weighted by Crippen LogP contribution is 2.02. The van der Waals surface area contributed by atoms with E-state index in [1.165, 1.54) is 0 Å². The summed E-state index contributed by atoms with van der Waals surface area (Å²) in [5.41, 5.74) is 11.7. The minimum atomic E-state index is 0.147. The first-order valence-electron chi connectivity index (χ1n) is 7.20. The number of carbonyl (C=O) groups excluding carboxylic acids is 1. The first-order valence-corrected chi connectivity index (χ1v) is 7.20. The van der Waals surface area contributed by atoms with Gasteiger partial charge in [-0.05, 0) is 37.7 Å². The maximum atomic E-state index is 11.3. The van der Waals surface area contributed by atoms with E-state index in [4.69, 9.17) is 11.5 Å². The van der Waals surface area contributed by atoms with Gasteiger partial charge >= 0.3 is 0 Å². The van der Waals surface area contributed by atoms with Crippen LogP contribution in [0.3, 0.4) is 0 Å². The molecular weight excluding hydrogens is 264 g/mol. The Bertz CT molecular complexity index is 457. The third kappa shape index (κ3) is 7.39. The van der Waals surface area contributed by atoms with Crippen LogP contribution < -0.4 is 11.5 Å². The van der Waals surface area contributed by atoms with Gasteiger partial charge in [-0.3, -0.25) is 9.78 Å². The molecule has 0 unspecified atom stereocenters. The monoisotopic (exact) mass is 288 g/mol. The zero-order valence-corrected chi connectivity index (χ0v) is 12.3. The van der Waals surface area contributed by atoms with Crippen LogP contribution in [0.5, 0.6) is 0 Å². The molecule has 0 spiro atoms. The molecular formula is C16H24N4O. The third-order valence-electron chi connectivity index (χ3n) is 2.86. The molecule has 5 heteroatoms. The van der Waals surface area contributed by atoms with Gasteiger partial charge in [-0.2, -0.15) is 0 Å². The minimum Gasteiger partial charge on any atom is -0.330 e. The Kier molecular flexibility index (Phi) is 8.75. The van der Waals surface area contributed by atoms with E-state index in [9.17, 15) is 4.79 Å². The number of pyridine rings is 1. The molecule has 1 amide bonds. The van der Waals surface area contributed by atoms with Crippen molar-refractivity contribution in [3.8, 4) is 0 Å². The first kappa shape index (κ1) is 17.1. The Morgan fingerprint density at radius 3 is 2.71 bits per heavy atom. The summed E-state index contributed by atoms with van der Waals surface area (Å²) in [4.78, 5) is 17.1. The van der Waals surface area contributed by atoms with Gasteiger partial charge in [-0.1, -0.05) is 18.2 Å². The average Bonchev–Trinajstić information content (AvgIpc) is 2.72. The van der Waals surface area contributed by atoms with Gasteiger partial charge in [0.1, 0.15) is 0 Å². The Morgan fingerprint density at radius 2 is 2.05 bits per heavy atom. The largest absolute Gasteiger partial charge is 0.330 e. The number of hydrogen-bond acceptors (Lipinski definition) is 4. The van der Waals surface area contributed by atoms with E-state index >= 15 is 0 Å². The minimum absolute atomic E-state index is 0.147. The molecule has 2 rings (SSSR count). The predicted molar refractivity (Wildman–Crippen MR) is 85.3 cm³/mol. The summed E-state index contributed by atoms with van der Waals surface area (Å²) in [6, 6.07) is 5.85. The van der Waals surface area contributed by atoms with Crippen molar-refractivity contribution in [1.29, 1.82) is 0 Å². The molecule has 0 aromatic carbocycles. The van der Waals surface area contributed by atoms with E-state index in [1.54, 1.807) is 11.1 Å². The number of amides is 1. The predicted octanol–water partition coefficient (Wildman–Crippen LogP) is 1.22. The number of nitrogens with two attached hydrogens (primary N) is 2. The lowest BCUT2D eigenvalue weighted by atomic mass is 10.3. The van der Waals surface area contributed by atoms with Crippen molar-refractivity contribution in [1.82, 2.24) is 9.88 Å². The van der Waals surface area contributed by atoms with Crippen molar-refractivity contribution in [3.05, 3.63) is 54.5 Å². The Hall–Kier alpha value is -1.98. The highest BCUT2D eigenvalue weighted by molar-refractivity contribution is 5.79. The fraction of sp³-hybridized carbons (Fsp3) is 0.375. The van der Waals surface area contributed by atoms with Gasteiger partial charge < -0.3 is 16.4 Å². The number of allylic oxidation sites excluding steroid dienone is 2. The van der Waals surface area contributed by atoms with Crippen LogP contribution in [0, 0.1) is 0 Å². The molecule has 1 aromatic heterocycles. The number of hydrogen-bond donors (Lipinski definition) is 2. The van der Waals surface area contributed by atoms with Gasteiger partial charge in [0.2, 0.25) is 5.91 Å². The Morgan fingerprint density at radius 1 is 1.19 bits per heavy atom. The van der Waals surface area contributed by atoms with Gasteiger partial charge in [-0.25, -0.2) is 0 Å². The van der Waals surface area contributed by atoms with Crippen LogP contribution in [0.1, 0.15) is 18.5 Å². The SMILES string of the molecule is NCCCN1C=CC=CCC1=O.NCCc1ccccn1. The van der Waals surface area contributed by atoms with Crippen LogP contribution in [0.25, 0.3) is 0 Å². The molecule has 1 aliphatic rings. The molecule has 21 heavy (non-hydrogen) atoms. The molecule has 0 aliphatic carbocycles. The van der Waals surface area contributed by atoms with Crippen LogP contribution in [-0.4, -0.2) is 35.4 Å². The number of rotatable bonds is 5. The normalized spacial score (nSPS) is 13.6. The third-order valence-corrected chi connectivity index (χ3v) is 2.86. The zero-order valence-electron chi connectivity index (χ0n) is 12.3. The molecule has 5 nitrogen and oxygen atoms in total. The average molecular weight is 288 g/mol. The summed E-state index contributed by atoms with van der Waals surface area (Å²) < 4.78 is 0. The molecule has 1 aromatic rings. The van der Waals surface area contributed by atoms with Crippen LogP contribution in [0.2, 0.25) is 0 Å². The van der Waals surface area contributed by atoms with E-state index in [2.05, 4.69) is 4.98 Å². The van der Waals surface area contributed by atoms with Crippen LogP contribution >= 0.6 is 0 Å². The van der Waals surface area contributed by atoms with Gasteiger partial charge in [0.15, 0.2) is 0 Å². The second kappa shape index (κ2) is 10.8. The van der Waals surface area contributed by atoms with Crippen molar-refractivity contribution in [2.45, 2.75) is 19.3 Å². The maximum Gasteiger partial charge on any atom is 0.230 e. The molecule has 0 bridgehead atoms. The van der Waals surface area contributed by atoms with Crippen molar-refractivity contribution in [2.24, 2.45) is 11.5 Å². The van der Waals surface area contributed by atoms with Crippen LogP contribution in [0.4, 0.5) is 0 Å². The summed E-state index contributed by atoms with van der Waals surface area (Å²) in [7, 11) is 0. The summed E-state index contributed by atoms with van der Waals surface area (Å²) in [5.74, 6) is 0.147. The highest BCUT2D eigenvalue weighted by Gasteiger charge is 2.08. The molecule has 2 heterocycles. The molecule has 0 saturated carbocycles. The lowest BCUT2D eigenvalue weighted by molar-refractivity contribution is -0.127. The second-order valence-corrected chi connectivity index (χ2v) is 4.56. The van der Waals surface area contributed by atoms with Crippen molar-refractivity contribution < 1.29 is 4.79 Å². The van der Waals surface area contributed by atoms with Crippen molar-refractivity contribution in [2.75, 3.05) is 19.6 Å². The summed E-state index contributed by atoms with van der Waals surface area (Å²) in [5, 5.41) is 0. The first-order chi connectivity index (χ1) is 10.3. The van der Waals surface area contributed by atoms with Crippen molar-refractivity contribution in [3.63, 3.8) is 0 Å². The molecule has 0 radical (unpaired) electrons. The maximum absolute atomic E-state index is 11.3. The number of carbonyl (C=O) groups is 1. The summed E-state index contributed by atoms with van der Waals surface area (Å²) in [6.07, 6.45) is 11.4. The number of nitrogens with zero attached hydrogens (tertiary/aromatic N) is 2. The van der Waals surface area contributed by atoms with Crippen LogP contribution in [0.15, 0.2) is 48.8 Å². The summed E-state index contributed by atoms with van der Waals surface area (Å²) >= 11 is 0. The van der Waals surface area contributed by atoms with Crippen molar-refractivity contribution >= 4 is 5.91 Å². The smallest absolute Gasteiger partial charge is 0.230 e. The fourth-order valence-electron chi connectivity index (χ4n) is 1.76. The van der Waals surface area contributed by atoms with Gasteiger partial charge in [0.25, 0.3) is 0 Å². The standard InChI is InChI=1S/C9H14N2O.C7H10N2/c10-6-4-8-11-7-3-1-2-5-9(11)12;8-5-4-7-3-1-2-6-9-7/h1-3,7H,4-6,8,10H2;1-3,6H,4-5,8H2. The summed E-state index contributed by atoms with van der Waals surface area (Å²) in [6.45, 7) is 2.04. The molecule has 1 aliphatic heterocycles. The molecule has 4 N–H and O–H groups in total. The lowest BCUT2D eigenvalue weighted by Gasteiger charge is -2.15. The lowest BCUT2D eigenvalue weighted by Crippen LogP contribution is -2.26. The van der Waals surface area contributed by atoms with Crippen LogP contribution in [-0.2, 0) is 11.2 Å².